The van der Waals surface area contributed by atoms with Crippen LogP contribution in [0.5, 0.6) is 0 Å². The number of aliphatic hydroxyl groups is 2. The predicted octanol–water partition coefficient (Wildman–Crippen LogP) is 4.23. The summed E-state index contributed by atoms with van der Waals surface area (Å²) in [4.78, 5) is 0. The van der Waals surface area contributed by atoms with Crippen molar-refractivity contribution in [3.05, 3.63) is 23.3 Å². The molecule has 0 aliphatic heterocycles. The van der Waals surface area contributed by atoms with Gasteiger partial charge < -0.3 is 10.2 Å². The van der Waals surface area contributed by atoms with Crippen LogP contribution in [0.2, 0.25) is 0 Å². The average molecular weight is 316 g/mol. The molecular weight excluding hydrogens is 284 g/mol. The van der Waals surface area contributed by atoms with Gasteiger partial charge in [-0.15, -0.1) is 0 Å². The van der Waals surface area contributed by atoms with Crippen LogP contribution >= 0.6 is 0 Å². The van der Waals surface area contributed by atoms with Crippen molar-refractivity contribution in [1.82, 2.24) is 0 Å². The summed E-state index contributed by atoms with van der Waals surface area (Å²) in [5.74, 6) is 2.09. The lowest BCUT2D eigenvalue weighted by molar-refractivity contribution is -0.0954. The van der Waals surface area contributed by atoms with E-state index in [2.05, 4.69) is 32.9 Å². The van der Waals surface area contributed by atoms with Gasteiger partial charge in [-0.05, 0) is 68.6 Å². The Bertz CT molecular complexity index is 562. The van der Waals surface area contributed by atoms with E-state index < -0.39 is 0 Å². The van der Waals surface area contributed by atoms with Crippen LogP contribution in [0.25, 0.3) is 0 Å². The van der Waals surface area contributed by atoms with Crippen LogP contribution < -0.4 is 0 Å². The molecule has 7 atom stereocenters. The van der Waals surface area contributed by atoms with Crippen molar-refractivity contribution < 1.29 is 10.2 Å². The van der Waals surface area contributed by atoms with Crippen molar-refractivity contribution in [3.63, 3.8) is 0 Å². The van der Waals surface area contributed by atoms with Gasteiger partial charge in [-0.3, -0.25) is 0 Å². The fourth-order valence-electron chi connectivity index (χ4n) is 7.02. The lowest BCUT2D eigenvalue weighted by Crippen LogP contribution is -2.55. The van der Waals surface area contributed by atoms with Gasteiger partial charge in [0.15, 0.2) is 0 Å². The molecule has 3 saturated carbocycles. The van der Waals surface area contributed by atoms with Crippen molar-refractivity contribution in [3.8, 4) is 0 Å². The van der Waals surface area contributed by atoms with Gasteiger partial charge in [0, 0.05) is 11.8 Å². The van der Waals surface area contributed by atoms with Gasteiger partial charge in [0.2, 0.25) is 0 Å². The zero-order valence-electron chi connectivity index (χ0n) is 14.9. The highest BCUT2D eigenvalue weighted by atomic mass is 16.3. The second-order valence-corrected chi connectivity index (χ2v) is 9.04. The molecule has 128 valence electrons. The Labute approximate surface area is 140 Å². The number of rotatable bonds is 0. The van der Waals surface area contributed by atoms with E-state index in [0.717, 1.165) is 18.8 Å². The highest BCUT2D eigenvalue weighted by molar-refractivity contribution is 5.30. The second kappa shape index (κ2) is 5.20. The van der Waals surface area contributed by atoms with E-state index in [0.29, 0.717) is 23.7 Å². The lowest BCUT2D eigenvalue weighted by atomic mass is 9.47. The first-order valence-corrected chi connectivity index (χ1v) is 9.62. The van der Waals surface area contributed by atoms with Gasteiger partial charge in [-0.2, -0.15) is 0 Å². The third-order valence-corrected chi connectivity index (χ3v) is 8.38. The molecule has 0 aromatic rings. The van der Waals surface area contributed by atoms with Crippen molar-refractivity contribution in [2.24, 2.45) is 28.6 Å². The maximum absolute atomic E-state index is 10.9. The summed E-state index contributed by atoms with van der Waals surface area (Å²) >= 11 is 0. The molecule has 4 rings (SSSR count). The second-order valence-electron chi connectivity index (χ2n) is 9.04. The summed E-state index contributed by atoms with van der Waals surface area (Å²) in [6, 6.07) is 0. The average Bonchev–Trinajstić information content (AvgIpc) is 2.85. The quantitative estimate of drug-likeness (QED) is 0.657. The first kappa shape index (κ1) is 15.9. The molecule has 0 aromatic carbocycles. The molecular formula is C21H32O2. The maximum atomic E-state index is 10.9. The van der Waals surface area contributed by atoms with E-state index in [1.54, 1.807) is 5.57 Å². The topological polar surface area (TPSA) is 40.5 Å². The van der Waals surface area contributed by atoms with E-state index in [1.807, 2.05) is 0 Å². The summed E-state index contributed by atoms with van der Waals surface area (Å²) in [6.07, 6.45) is 11.6. The van der Waals surface area contributed by atoms with Crippen molar-refractivity contribution in [1.29, 1.82) is 0 Å². The predicted molar refractivity (Wildman–Crippen MR) is 92.9 cm³/mol. The van der Waals surface area contributed by atoms with Gasteiger partial charge >= 0.3 is 0 Å². The standard InChI is InChI=1S/C21H32O2/c1-4-13-6-8-17-16-7-5-14-11-15(22)12-19(23)21(14,3)18(16)9-10-20(13,17)2/h4-5,15-19,22-23H,6-12H2,1-3H3/b13-4-/t15-,16+,17+,18+,19+,20-,21+/m1/s1. The number of hydrogen-bond acceptors (Lipinski definition) is 2. The number of fused-ring (bicyclic) bond motifs is 5. The highest BCUT2D eigenvalue weighted by Gasteiger charge is 2.59. The molecule has 0 saturated heterocycles. The van der Waals surface area contributed by atoms with Gasteiger partial charge in [0.1, 0.15) is 0 Å². The van der Waals surface area contributed by atoms with E-state index >= 15 is 0 Å². The first-order valence-electron chi connectivity index (χ1n) is 9.62. The number of allylic oxidation sites excluding steroid dienone is 3. The Kier molecular flexibility index (Phi) is 3.59. The first-order chi connectivity index (χ1) is 10.9. The van der Waals surface area contributed by atoms with Crippen LogP contribution in [0.3, 0.4) is 0 Å². The number of aliphatic hydroxyl groups excluding tert-OH is 2. The van der Waals surface area contributed by atoms with Gasteiger partial charge in [0.25, 0.3) is 0 Å². The molecule has 0 unspecified atom stereocenters. The zero-order chi connectivity index (χ0) is 16.4. The van der Waals surface area contributed by atoms with Crippen LogP contribution in [-0.4, -0.2) is 22.4 Å². The molecule has 2 nitrogen and oxygen atoms in total. The Balaban J connectivity index is 1.72. The third-order valence-electron chi connectivity index (χ3n) is 8.38. The fourth-order valence-corrected chi connectivity index (χ4v) is 7.02. The van der Waals surface area contributed by atoms with E-state index in [1.165, 1.54) is 31.3 Å². The van der Waals surface area contributed by atoms with E-state index in [-0.39, 0.29) is 17.6 Å². The number of hydrogen-bond donors (Lipinski definition) is 2. The molecule has 0 bridgehead atoms. The molecule has 0 radical (unpaired) electrons. The van der Waals surface area contributed by atoms with E-state index in [9.17, 15) is 10.2 Å². The Hall–Kier alpha value is -0.600. The largest absolute Gasteiger partial charge is 0.393 e. The van der Waals surface area contributed by atoms with Gasteiger partial charge in [0.05, 0.1) is 12.2 Å². The van der Waals surface area contributed by atoms with Crippen LogP contribution in [0.1, 0.15) is 65.7 Å². The highest BCUT2D eigenvalue weighted by Crippen LogP contribution is 2.66. The molecule has 3 fully saturated rings. The molecule has 0 heterocycles. The van der Waals surface area contributed by atoms with Crippen LogP contribution in [0.4, 0.5) is 0 Å². The molecule has 2 heteroatoms. The SMILES string of the molecule is C/C=C1/CC[C@H]2[C@@H]3CC=C4C[C@@H](O)C[C@H](O)[C@]4(C)[C@H]3CC[C@]12C. The smallest absolute Gasteiger partial charge is 0.0658 e. The molecule has 4 aliphatic carbocycles. The molecule has 23 heavy (non-hydrogen) atoms. The van der Waals surface area contributed by atoms with Crippen molar-refractivity contribution >= 4 is 0 Å². The molecule has 0 amide bonds. The Morgan fingerprint density at radius 2 is 1.96 bits per heavy atom. The molecule has 4 aliphatic rings. The van der Waals surface area contributed by atoms with Crippen molar-refractivity contribution in [2.75, 3.05) is 0 Å². The summed E-state index contributed by atoms with van der Waals surface area (Å²) in [5.41, 5.74) is 3.33. The minimum absolute atomic E-state index is 0.0951. The summed E-state index contributed by atoms with van der Waals surface area (Å²) in [6.45, 7) is 7.00. The summed E-state index contributed by atoms with van der Waals surface area (Å²) < 4.78 is 0. The minimum atomic E-state index is -0.378. The fraction of sp³-hybridized carbons (Fsp3) is 0.810. The molecule has 2 N–H and O–H groups in total. The zero-order valence-corrected chi connectivity index (χ0v) is 14.9. The molecule has 0 aromatic heterocycles. The maximum Gasteiger partial charge on any atom is 0.0658 e. The van der Waals surface area contributed by atoms with Crippen LogP contribution in [-0.2, 0) is 0 Å². The van der Waals surface area contributed by atoms with Gasteiger partial charge in [-0.25, -0.2) is 0 Å². The third kappa shape index (κ3) is 2.00. The summed E-state index contributed by atoms with van der Waals surface area (Å²) in [5, 5.41) is 20.9. The lowest BCUT2D eigenvalue weighted by Gasteiger charge is -2.58. The van der Waals surface area contributed by atoms with Gasteiger partial charge in [-0.1, -0.05) is 37.1 Å². The van der Waals surface area contributed by atoms with Crippen LogP contribution in [0, 0.1) is 28.6 Å². The normalized spacial score (nSPS) is 54.2. The van der Waals surface area contributed by atoms with Crippen LogP contribution in [0.15, 0.2) is 23.3 Å². The minimum Gasteiger partial charge on any atom is -0.393 e. The Morgan fingerprint density at radius 3 is 2.70 bits per heavy atom. The molecule has 0 spiro atoms. The monoisotopic (exact) mass is 316 g/mol. The Morgan fingerprint density at radius 1 is 1.17 bits per heavy atom. The summed E-state index contributed by atoms with van der Waals surface area (Å²) in [7, 11) is 0. The van der Waals surface area contributed by atoms with E-state index in [4.69, 9.17) is 0 Å². The van der Waals surface area contributed by atoms with Crippen molar-refractivity contribution in [2.45, 2.75) is 77.9 Å².